The Morgan fingerprint density at radius 1 is 0.946 bits per heavy atom. The standard InChI is InChI=1S/C30H34FN3O3/c1-4-10-26(35)20-33(19-23-15-17-24(31)18-16-23)21-27-22(2)32-34(25-11-6-5-7-12-25)30(27)37-29-14-9-8-13-28(29)36-3/h5-9,11-18,26,35H,4,10,19-21H2,1-3H3/t26-/m1/s1. The van der Waals surface area contributed by atoms with Gasteiger partial charge in [-0.3, -0.25) is 4.90 Å². The maximum absolute atomic E-state index is 13.5. The van der Waals surface area contributed by atoms with E-state index in [9.17, 15) is 9.50 Å². The van der Waals surface area contributed by atoms with E-state index in [2.05, 4.69) is 11.8 Å². The Morgan fingerprint density at radius 2 is 1.62 bits per heavy atom. The minimum Gasteiger partial charge on any atom is -0.493 e. The number of aliphatic hydroxyl groups excluding tert-OH is 1. The molecule has 0 aliphatic heterocycles. The van der Waals surface area contributed by atoms with Gasteiger partial charge >= 0.3 is 0 Å². The Kier molecular flexibility index (Phi) is 8.93. The lowest BCUT2D eigenvalue weighted by molar-refractivity contribution is 0.0965. The van der Waals surface area contributed by atoms with Gasteiger partial charge in [-0.2, -0.15) is 5.10 Å². The third kappa shape index (κ3) is 6.76. The fraction of sp³-hybridized carbons (Fsp3) is 0.300. The summed E-state index contributed by atoms with van der Waals surface area (Å²) in [5.74, 6) is 1.52. The summed E-state index contributed by atoms with van der Waals surface area (Å²) >= 11 is 0. The smallest absolute Gasteiger partial charge is 0.227 e. The summed E-state index contributed by atoms with van der Waals surface area (Å²) in [5, 5.41) is 15.5. The SMILES string of the molecule is CCC[C@@H](O)CN(Cc1ccc(F)cc1)Cc1c(C)nn(-c2ccccc2)c1Oc1ccccc1OC. The molecule has 4 rings (SSSR count). The van der Waals surface area contributed by atoms with Gasteiger partial charge in [0.05, 0.1) is 30.2 Å². The van der Waals surface area contributed by atoms with E-state index >= 15 is 0 Å². The highest BCUT2D eigenvalue weighted by Gasteiger charge is 2.23. The first kappa shape index (κ1) is 26.4. The van der Waals surface area contributed by atoms with Crippen molar-refractivity contribution in [2.75, 3.05) is 13.7 Å². The molecule has 1 aromatic heterocycles. The summed E-state index contributed by atoms with van der Waals surface area (Å²) in [6, 6.07) is 23.8. The van der Waals surface area contributed by atoms with Crippen LogP contribution in [0.1, 0.15) is 36.6 Å². The van der Waals surface area contributed by atoms with Crippen molar-refractivity contribution >= 4 is 0 Å². The highest BCUT2D eigenvalue weighted by Crippen LogP contribution is 2.36. The Balaban J connectivity index is 1.73. The number of hydrogen-bond acceptors (Lipinski definition) is 5. The molecule has 4 aromatic rings. The maximum Gasteiger partial charge on any atom is 0.227 e. The highest BCUT2D eigenvalue weighted by atomic mass is 19.1. The number of nitrogens with zero attached hydrogens (tertiary/aromatic N) is 3. The summed E-state index contributed by atoms with van der Waals surface area (Å²) in [4.78, 5) is 2.15. The van der Waals surface area contributed by atoms with Gasteiger partial charge in [-0.05, 0) is 55.3 Å². The van der Waals surface area contributed by atoms with Gasteiger partial charge < -0.3 is 14.6 Å². The van der Waals surface area contributed by atoms with Crippen LogP contribution in [0.4, 0.5) is 4.39 Å². The van der Waals surface area contributed by atoms with Crippen molar-refractivity contribution in [3.8, 4) is 23.1 Å². The second kappa shape index (κ2) is 12.5. The fourth-order valence-corrected chi connectivity index (χ4v) is 4.36. The van der Waals surface area contributed by atoms with Crippen LogP contribution in [0.5, 0.6) is 17.4 Å². The van der Waals surface area contributed by atoms with Crippen LogP contribution in [-0.4, -0.2) is 39.5 Å². The molecule has 1 heterocycles. The lowest BCUT2D eigenvalue weighted by Gasteiger charge is -2.25. The van der Waals surface area contributed by atoms with Gasteiger partial charge in [0.1, 0.15) is 5.82 Å². The Bertz CT molecular complexity index is 1280. The molecule has 6 nitrogen and oxygen atoms in total. The van der Waals surface area contributed by atoms with E-state index in [-0.39, 0.29) is 5.82 Å². The minimum absolute atomic E-state index is 0.270. The number of methoxy groups -OCH3 is 1. The fourth-order valence-electron chi connectivity index (χ4n) is 4.36. The molecule has 0 saturated carbocycles. The van der Waals surface area contributed by atoms with E-state index < -0.39 is 6.10 Å². The number of para-hydroxylation sites is 3. The van der Waals surface area contributed by atoms with Crippen LogP contribution in [0.25, 0.3) is 5.69 Å². The predicted octanol–water partition coefficient (Wildman–Crippen LogP) is 6.28. The van der Waals surface area contributed by atoms with Gasteiger partial charge in [0.15, 0.2) is 11.5 Å². The third-order valence-corrected chi connectivity index (χ3v) is 6.21. The highest BCUT2D eigenvalue weighted by molar-refractivity contribution is 5.47. The van der Waals surface area contributed by atoms with Crippen molar-refractivity contribution in [1.29, 1.82) is 0 Å². The maximum atomic E-state index is 13.5. The molecule has 0 fully saturated rings. The molecule has 0 unspecified atom stereocenters. The van der Waals surface area contributed by atoms with Crippen LogP contribution >= 0.6 is 0 Å². The molecule has 1 N–H and O–H groups in total. The van der Waals surface area contributed by atoms with Crippen LogP contribution < -0.4 is 9.47 Å². The molecule has 0 aliphatic carbocycles. The van der Waals surface area contributed by atoms with Crippen LogP contribution in [0.3, 0.4) is 0 Å². The number of hydrogen-bond donors (Lipinski definition) is 1. The summed E-state index contributed by atoms with van der Waals surface area (Å²) in [7, 11) is 1.61. The molecule has 7 heteroatoms. The largest absolute Gasteiger partial charge is 0.493 e. The molecule has 0 aliphatic rings. The van der Waals surface area contributed by atoms with E-state index in [4.69, 9.17) is 14.6 Å². The molecule has 194 valence electrons. The summed E-state index contributed by atoms with van der Waals surface area (Å²) < 4.78 is 27.4. The topological polar surface area (TPSA) is 59.8 Å². The number of ether oxygens (including phenoxy) is 2. The molecule has 0 spiro atoms. The van der Waals surface area contributed by atoms with Crippen molar-refractivity contribution in [2.45, 2.75) is 45.9 Å². The Labute approximate surface area is 217 Å². The zero-order valence-electron chi connectivity index (χ0n) is 21.6. The zero-order chi connectivity index (χ0) is 26.2. The number of rotatable bonds is 12. The lowest BCUT2D eigenvalue weighted by Crippen LogP contribution is -2.32. The molecule has 0 amide bonds. The predicted molar refractivity (Wildman–Crippen MR) is 143 cm³/mol. The molecule has 0 saturated heterocycles. The van der Waals surface area contributed by atoms with Crippen molar-refractivity contribution in [2.24, 2.45) is 0 Å². The Hall–Kier alpha value is -3.68. The first-order chi connectivity index (χ1) is 18.0. The van der Waals surface area contributed by atoms with Crippen molar-refractivity contribution in [3.63, 3.8) is 0 Å². The van der Waals surface area contributed by atoms with Gasteiger partial charge in [-0.25, -0.2) is 9.07 Å². The van der Waals surface area contributed by atoms with Gasteiger partial charge in [0.2, 0.25) is 5.88 Å². The monoisotopic (exact) mass is 503 g/mol. The van der Waals surface area contributed by atoms with Gasteiger partial charge in [0.25, 0.3) is 0 Å². The van der Waals surface area contributed by atoms with Gasteiger partial charge in [0, 0.05) is 19.6 Å². The van der Waals surface area contributed by atoms with Crippen LogP contribution in [0.15, 0.2) is 78.9 Å². The first-order valence-corrected chi connectivity index (χ1v) is 12.6. The van der Waals surface area contributed by atoms with E-state index in [1.807, 2.05) is 61.5 Å². The first-order valence-electron chi connectivity index (χ1n) is 12.6. The van der Waals surface area contributed by atoms with Crippen LogP contribution in [-0.2, 0) is 13.1 Å². The number of aliphatic hydroxyl groups is 1. The lowest BCUT2D eigenvalue weighted by atomic mass is 10.1. The second-order valence-corrected chi connectivity index (χ2v) is 9.11. The number of benzene rings is 3. The van der Waals surface area contributed by atoms with Crippen molar-refractivity contribution in [3.05, 3.63) is 102 Å². The van der Waals surface area contributed by atoms with Crippen LogP contribution in [0.2, 0.25) is 0 Å². The van der Waals surface area contributed by atoms with E-state index in [1.54, 1.807) is 23.9 Å². The van der Waals surface area contributed by atoms with Crippen molar-refractivity contribution in [1.82, 2.24) is 14.7 Å². The summed E-state index contributed by atoms with van der Waals surface area (Å²) in [6.45, 7) is 5.52. The zero-order valence-corrected chi connectivity index (χ0v) is 21.6. The Morgan fingerprint density at radius 3 is 2.30 bits per heavy atom. The number of aryl methyl sites for hydroxylation is 1. The number of aromatic nitrogens is 2. The van der Waals surface area contributed by atoms with E-state index in [0.717, 1.165) is 28.9 Å². The average molecular weight is 504 g/mol. The summed E-state index contributed by atoms with van der Waals surface area (Å²) in [5.41, 5.74) is 3.56. The summed E-state index contributed by atoms with van der Waals surface area (Å²) in [6.07, 6.45) is 1.11. The molecule has 0 radical (unpaired) electrons. The minimum atomic E-state index is -0.478. The number of halogens is 1. The van der Waals surface area contributed by atoms with E-state index in [1.165, 1.54) is 12.1 Å². The van der Waals surface area contributed by atoms with Gasteiger partial charge in [-0.15, -0.1) is 0 Å². The normalized spacial score (nSPS) is 12.1. The third-order valence-electron chi connectivity index (χ3n) is 6.21. The van der Waals surface area contributed by atoms with Gasteiger partial charge in [-0.1, -0.05) is 55.8 Å². The molecular weight excluding hydrogens is 469 g/mol. The molecule has 0 bridgehead atoms. The second-order valence-electron chi connectivity index (χ2n) is 9.11. The quantitative estimate of drug-likeness (QED) is 0.246. The van der Waals surface area contributed by atoms with E-state index in [0.29, 0.717) is 43.4 Å². The molecule has 3 aromatic carbocycles. The molecular formula is C30H34FN3O3. The molecule has 37 heavy (non-hydrogen) atoms. The van der Waals surface area contributed by atoms with Crippen LogP contribution in [0, 0.1) is 12.7 Å². The average Bonchev–Trinajstić information content (AvgIpc) is 3.21. The molecule has 1 atom stereocenters. The van der Waals surface area contributed by atoms with Crippen molar-refractivity contribution < 1.29 is 19.0 Å².